The van der Waals surface area contributed by atoms with Gasteiger partial charge in [-0.25, -0.2) is 0 Å². The number of nitrogens with zero attached hydrogens (tertiary/aromatic N) is 3. The van der Waals surface area contributed by atoms with Gasteiger partial charge in [-0.3, -0.25) is 19.3 Å². The Labute approximate surface area is 185 Å². The van der Waals surface area contributed by atoms with Gasteiger partial charge >= 0.3 is 0 Å². The van der Waals surface area contributed by atoms with Crippen LogP contribution in [0.1, 0.15) is 55.1 Å². The zero-order chi connectivity index (χ0) is 22.6. The molecule has 0 bridgehead atoms. The van der Waals surface area contributed by atoms with Crippen molar-refractivity contribution in [3.63, 3.8) is 0 Å². The van der Waals surface area contributed by atoms with Gasteiger partial charge in [-0.15, -0.1) is 0 Å². The monoisotopic (exact) mass is 428 g/mol. The van der Waals surface area contributed by atoms with Crippen LogP contribution >= 0.6 is 0 Å². The summed E-state index contributed by atoms with van der Waals surface area (Å²) < 4.78 is 0. The van der Waals surface area contributed by atoms with Gasteiger partial charge in [-0.1, -0.05) is 6.07 Å². The largest absolute Gasteiger partial charge is 0.350 e. The van der Waals surface area contributed by atoms with E-state index in [9.17, 15) is 14.4 Å². The predicted molar refractivity (Wildman–Crippen MR) is 121 cm³/mol. The second-order valence-corrected chi connectivity index (χ2v) is 9.81. The van der Waals surface area contributed by atoms with Gasteiger partial charge in [-0.2, -0.15) is 0 Å². The zero-order valence-corrected chi connectivity index (χ0v) is 19.4. The van der Waals surface area contributed by atoms with E-state index in [0.717, 1.165) is 12.8 Å². The molecule has 1 saturated heterocycles. The fraction of sp³-hybridized carbons (Fsp3) is 0.625. The number of rotatable bonds is 5. The van der Waals surface area contributed by atoms with Crippen molar-refractivity contribution in [1.29, 1.82) is 0 Å². The third-order valence-electron chi connectivity index (χ3n) is 5.92. The Morgan fingerprint density at radius 1 is 1.00 bits per heavy atom. The molecule has 0 unspecified atom stereocenters. The van der Waals surface area contributed by atoms with Gasteiger partial charge in [0, 0.05) is 44.3 Å². The van der Waals surface area contributed by atoms with Crippen LogP contribution in [0.2, 0.25) is 0 Å². The first-order valence-corrected chi connectivity index (χ1v) is 11.3. The lowest BCUT2D eigenvalue weighted by Gasteiger charge is -2.35. The quantitative estimate of drug-likeness (QED) is 0.775. The minimum atomic E-state index is -0.246. The van der Waals surface area contributed by atoms with Crippen molar-refractivity contribution in [3.8, 4) is 0 Å². The van der Waals surface area contributed by atoms with Crippen molar-refractivity contribution < 1.29 is 14.4 Å². The summed E-state index contributed by atoms with van der Waals surface area (Å²) in [5.74, 6) is -0.158. The molecule has 1 heterocycles. The Morgan fingerprint density at radius 3 is 2.29 bits per heavy atom. The van der Waals surface area contributed by atoms with Crippen LogP contribution in [0.25, 0.3) is 0 Å². The van der Waals surface area contributed by atoms with Crippen molar-refractivity contribution in [2.45, 2.75) is 52.0 Å². The van der Waals surface area contributed by atoms with Gasteiger partial charge in [0.25, 0.3) is 5.91 Å². The first kappa shape index (κ1) is 23.3. The van der Waals surface area contributed by atoms with Gasteiger partial charge in [0.05, 0.1) is 13.1 Å². The van der Waals surface area contributed by atoms with Gasteiger partial charge < -0.3 is 15.1 Å². The van der Waals surface area contributed by atoms with Gasteiger partial charge in [-0.05, 0) is 69.7 Å². The molecule has 7 heteroatoms. The minimum Gasteiger partial charge on any atom is -0.350 e. The number of carbonyl (C=O) groups excluding carboxylic acids is 3. The first-order chi connectivity index (χ1) is 14.6. The molecule has 3 amide bonds. The molecular weight excluding hydrogens is 392 g/mol. The lowest BCUT2D eigenvalue weighted by molar-refractivity contribution is -0.133. The smallest absolute Gasteiger partial charge is 0.254 e. The third kappa shape index (κ3) is 6.53. The second-order valence-electron chi connectivity index (χ2n) is 9.81. The van der Waals surface area contributed by atoms with Gasteiger partial charge in [0.1, 0.15) is 0 Å². The van der Waals surface area contributed by atoms with Crippen LogP contribution in [0.15, 0.2) is 18.2 Å². The van der Waals surface area contributed by atoms with Crippen LogP contribution in [0, 0.1) is 0 Å². The standard InChI is InChI=1S/C24H36N4O3/c1-24(2,3)25-21(29)16-27-11-13-28(14-12-27)22(30)17-26(4)23(31)20-10-9-18-7-5-6-8-19(18)15-20/h9-10,15H,5-8,11-14,16-17H2,1-4H3,(H,25,29). The van der Waals surface area contributed by atoms with E-state index in [2.05, 4.69) is 16.3 Å². The lowest BCUT2D eigenvalue weighted by atomic mass is 9.90. The van der Waals surface area contributed by atoms with Gasteiger partial charge in [0.2, 0.25) is 11.8 Å². The predicted octanol–water partition coefficient (Wildman–Crippen LogP) is 1.70. The number of carbonyl (C=O) groups is 3. The average Bonchev–Trinajstić information content (AvgIpc) is 2.71. The van der Waals surface area contributed by atoms with Crippen LogP contribution in [0.5, 0.6) is 0 Å². The molecule has 7 nitrogen and oxygen atoms in total. The molecular formula is C24H36N4O3. The molecule has 2 aliphatic rings. The average molecular weight is 429 g/mol. The van der Waals surface area contributed by atoms with Crippen LogP contribution in [-0.2, 0) is 22.4 Å². The van der Waals surface area contributed by atoms with E-state index in [1.54, 1.807) is 11.9 Å². The van der Waals surface area contributed by atoms with E-state index in [1.807, 2.05) is 32.9 Å². The molecule has 0 spiro atoms. The molecule has 1 fully saturated rings. The Morgan fingerprint density at radius 2 is 1.65 bits per heavy atom. The first-order valence-electron chi connectivity index (χ1n) is 11.3. The van der Waals surface area contributed by atoms with E-state index in [1.165, 1.54) is 28.9 Å². The fourth-order valence-corrected chi connectivity index (χ4v) is 4.28. The number of benzene rings is 1. The molecule has 1 N–H and O–H groups in total. The lowest BCUT2D eigenvalue weighted by Crippen LogP contribution is -2.54. The summed E-state index contributed by atoms with van der Waals surface area (Å²) in [5, 5.41) is 2.97. The Balaban J connectivity index is 1.47. The number of aryl methyl sites for hydroxylation is 2. The molecule has 170 valence electrons. The highest BCUT2D eigenvalue weighted by molar-refractivity contribution is 5.96. The normalized spacial score (nSPS) is 17.1. The Hall–Kier alpha value is -2.41. The van der Waals surface area contributed by atoms with Crippen molar-refractivity contribution in [1.82, 2.24) is 20.0 Å². The molecule has 0 atom stereocenters. The molecule has 3 rings (SSSR count). The summed E-state index contributed by atoms with van der Waals surface area (Å²) in [4.78, 5) is 43.0. The van der Waals surface area contributed by atoms with Gasteiger partial charge in [0.15, 0.2) is 0 Å². The summed E-state index contributed by atoms with van der Waals surface area (Å²) in [6.07, 6.45) is 4.49. The van der Waals surface area contributed by atoms with Crippen molar-refractivity contribution in [3.05, 3.63) is 34.9 Å². The van der Waals surface area contributed by atoms with E-state index in [4.69, 9.17) is 0 Å². The summed E-state index contributed by atoms with van der Waals surface area (Å²) in [7, 11) is 1.69. The maximum Gasteiger partial charge on any atom is 0.254 e. The van der Waals surface area contributed by atoms with E-state index in [-0.39, 0.29) is 29.8 Å². The Bertz CT molecular complexity index is 823. The molecule has 31 heavy (non-hydrogen) atoms. The summed E-state index contributed by atoms with van der Waals surface area (Å²) in [6.45, 7) is 8.76. The number of nitrogens with one attached hydrogen (secondary N) is 1. The van der Waals surface area contributed by atoms with Crippen molar-refractivity contribution >= 4 is 17.7 Å². The maximum absolute atomic E-state index is 12.8. The number of likely N-dealkylation sites (N-methyl/N-ethyl adjacent to an activating group) is 1. The highest BCUT2D eigenvalue weighted by atomic mass is 16.2. The zero-order valence-electron chi connectivity index (χ0n) is 19.4. The van der Waals surface area contributed by atoms with Crippen LogP contribution in [-0.4, -0.2) is 84.3 Å². The van der Waals surface area contributed by atoms with Crippen molar-refractivity contribution in [2.75, 3.05) is 46.3 Å². The summed E-state index contributed by atoms with van der Waals surface area (Å²) in [5.41, 5.74) is 3.02. The maximum atomic E-state index is 12.8. The van der Waals surface area contributed by atoms with E-state index >= 15 is 0 Å². The van der Waals surface area contributed by atoms with Crippen LogP contribution in [0.3, 0.4) is 0 Å². The van der Waals surface area contributed by atoms with Crippen LogP contribution < -0.4 is 5.32 Å². The fourth-order valence-electron chi connectivity index (χ4n) is 4.28. The molecule has 0 radical (unpaired) electrons. The number of hydrogen-bond donors (Lipinski definition) is 1. The highest BCUT2D eigenvalue weighted by Gasteiger charge is 2.25. The summed E-state index contributed by atoms with van der Waals surface area (Å²) >= 11 is 0. The number of amides is 3. The molecule has 1 aromatic rings. The number of hydrogen-bond acceptors (Lipinski definition) is 4. The van der Waals surface area contributed by atoms with Crippen LogP contribution in [0.4, 0.5) is 0 Å². The van der Waals surface area contributed by atoms with E-state index < -0.39 is 0 Å². The summed E-state index contributed by atoms with van der Waals surface area (Å²) in [6, 6.07) is 5.94. The Kier molecular flexibility index (Phi) is 7.36. The SMILES string of the molecule is CN(CC(=O)N1CCN(CC(=O)NC(C)(C)C)CC1)C(=O)c1ccc2c(c1)CCCC2. The molecule has 1 aliphatic heterocycles. The van der Waals surface area contributed by atoms with Crippen molar-refractivity contribution in [2.24, 2.45) is 0 Å². The van der Waals surface area contributed by atoms with E-state index in [0.29, 0.717) is 38.3 Å². The topological polar surface area (TPSA) is 73.0 Å². The second kappa shape index (κ2) is 9.81. The molecule has 1 aliphatic carbocycles. The minimum absolute atomic E-state index is 0.00246. The third-order valence-corrected chi connectivity index (χ3v) is 5.92. The molecule has 0 saturated carbocycles. The highest BCUT2D eigenvalue weighted by Crippen LogP contribution is 2.22. The number of piperazine rings is 1. The molecule has 1 aromatic carbocycles. The molecule has 0 aromatic heterocycles. The number of fused-ring (bicyclic) bond motifs is 1.